The summed E-state index contributed by atoms with van der Waals surface area (Å²) in [4.78, 5) is 8.48. The summed E-state index contributed by atoms with van der Waals surface area (Å²) in [5.41, 5.74) is 0.722. The molecule has 0 aliphatic heterocycles. The van der Waals surface area contributed by atoms with Gasteiger partial charge in [-0.15, -0.1) is 0 Å². The molecule has 0 N–H and O–H groups in total. The van der Waals surface area contributed by atoms with Crippen molar-refractivity contribution < 1.29 is 21.6 Å². The summed E-state index contributed by atoms with van der Waals surface area (Å²) in [6.45, 7) is 1.51. The van der Waals surface area contributed by atoms with Crippen molar-refractivity contribution in [2.75, 3.05) is 5.75 Å². The molecule has 3 heterocycles. The normalized spacial score (nSPS) is 12.4. The van der Waals surface area contributed by atoms with Crippen LogP contribution in [0.15, 0.2) is 66.0 Å². The first-order valence-corrected chi connectivity index (χ1v) is 11.2. The van der Waals surface area contributed by atoms with E-state index in [0.29, 0.717) is 10.6 Å². The summed E-state index contributed by atoms with van der Waals surface area (Å²) in [7, 11) is -3.70. The number of nitrogens with zero attached hydrogens (tertiary/aromatic N) is 3. The molecule has 0 saturated heterocycles. The van der Waals surface area contributed by atoms with Crippen LogP contribution in [0, 0.1) is 0 Å². The van der Waals surface area contributed by atoms with Gasteiger partial charge < -0.3 is 4.40 Å². The quantitative estimate of drug-likeness (QED) is 0.397. The van der Waals surface area contributed by atoms with Crippen LogP contribution in [0.4, 0.5) is 13.2 Å². The van der Waals surface area contributed by atoms with Gasteiger partial charge in [0.05, 0.1) is 16.2 Å². The Morgan fingerprint density at radius 1 is 1.06 bits per heavy atom. The molecule has 0 aliphatic carbocycles. The summed E-state index contributed by atoms with van der Waals surface area (Å²) in [6.07, 6.45) is -0.333. The van der Waals surface area contributed by atoms with E-state index >= 15 is 0 Å². The zero-order valence-corrected chi connectivity index (χ0v) is 17.6. The number of rotatable bonds is 4. The smallest absolute Gasteiger partial charge is 0.306 e. The molecule has 0 unspecified atom stereocenters. The third kappa shape index (κ3) is 4.15. The predicted molar refractivity (Wildman–Crippen MR) is 112 cm³/mol. The highest BCUT2D eigenvalue weighted by atomic mass is 35.5. The maximum absolute atomic E-state index is 13.0. The van der Waals surface area contributed by atoms with E-state index in [-0.39, 0.29) is 27.7 Å². The number of pyridine rings is 2. The Kier molecular flexibility index (Phi) is 5.26. The Hall–Kier alpha value is -2.91. The third-order valence-corrected chi connectivity index (χ3v) is 6.77. The van der Waals surface area contributed by atoms with Crippen molar-refractivity contribution in [3.8, 4) is 22.5 Å². The van der Waals surface area contributed by atoms with E-state index in [2.05, 4.69) is 9.97 Å². The fraction of sp³-hybridized carbons (Fsp3) is 0.143. The number of alkyl halides is 3. The Balaban J connectivity index is 1.88. The van der Waals surface area contributed by atoms with Gasteiger partial charge in [-0.3, -0.25) is 4.98 Å². The SMILES string of the molecule is CCS(=O)(=O)c1cc(-c2ccc(Cl)cc2)cnc1-c1cn2ccc(C(F)(F)F)cc2n1. The van der Waals surface area contributed by atoms with E-state index in [1.807, 2.05) is 0 Å². The molecule has 0 aliphatic rings. The first kappa shape index (κ1) is 21.3. The van der Waals surface area contributed by atoms with Crippen LogP contribution in [0.1, 0.15) is 12.5 Å². The molecule has 0 radical (unpaired) electrons. The summed E-state index contributed by atoms with van der Waals surface area (Å²) < 4.78 is 66.0. The standard InChI is InChI=1S/C21H15ClF3N3O2S/c1-2-31(29,30)18-9-14(13-3-5-16(22)6-4-13)11-26-20(18)17-12-28-8-7-15(21(23,24)25)10-19(28)27-17/h3-12H,2H2,1H3. The average Bonchev–Trinajstić information content (AvgIpc) is 3.16. The molecule has 0 atom stereocenters. The first-order chi connectivity index (χ1) is 14.6. The van der Waals surface area contributed by atoms with Crippen molar-refractivity contribution in [2.24, 2.45) is 0 Å². The fourth-order valence-electron chi connectivity index (χ4n) is 3.10. The molecule has 31 heavy (non-hydrogen) atoms. The third-order valence-electron chi connectivity index (χ3n) is 4.78. The van der Waals surface area contributed by atoms with Crippen LogP contribution >= 0.6 is 11.6 Å². The van der Waals surface area contributed by atoms with E-state index in [4.69, 9.17) is 11.6 Å². The molecule has 4 rings (SSSR count). The molecule has 0 amide bonds. The van der Waals surface area contributed by atoms with Crippen molar-refractivity contribution >= 4 is 27.1 Å². The van der Waals surface area contributed by atoms with Gasteiger partial charge in [-0.1, -0.05) is 30.7 Å². The van der Waals surface area contributed by atoms with Crippen LogP contribution in [0.25, 0.3) is 28.2 Å². The lowest BCUT2D eigenvalue weighted by molar-refractivity contribution is -0.137. The second-order valence-electron chi connectivity index (χ2n) is 6.79. The Labute approximate surface area is 181 Å². The van der Waals surface area contributed by atoms with Gasteiger partial charge in [-0.2, -0.15) is 13.2 Å². The van der Waals surface area contributed by atoms with Gasteiger partial charge in [0.15, 0.2) is 9.84 Å². The number of sulfone groups is 1. The zero-order valence-electron chi connectivity index (χ0n) is 16.1. The minimum atomic E-state index is -4.51. The van der Waals surface area contributed by atoms with Gasteiger partial charge in [-0.25, -0.2) is 13.4 Å². The summed E-state index contributed by atoms with van der Waals surface area (Å²) >= 11 is 5.92. The van der Waals surface area contributed by atoms with Gasteiger partial charge in [0.25, 0.3) is 0 Å². The molecule has 1 aromatic carbocycles. The molecule has 3 aromatic heterocycles. The average molecular weight is 466 g/mol. The van der Waals surface area contributed by atoms with E-state index in [1.165, 1.54) is 36.0 Å². The van der Waals surface area contributed by atoms with Gasteiger partial charge in [0, 0.05) is 29.2 Å². The minimum absolute atomic E-state index is 0.0354. The fourth-order valence-corrected chi connectivity index (χ4v) is 4.30. The molecule has 10 heteroatoms. The van der Waals surface area contributed by atoms with Crippen molar-refractivity contribution in [1.82, 2.24) is 14.4 Å². The second-order valence-corrected chi connectivity index (χ2v) is 9.47. The Morgan fingerprint density at radius 2 is 1.77 bits per heavy atom. The van der Waals surface area contributed by atoms with Crippen molar-refractivity contribution in [3.63, 3.8) is 0 Å². The highest BCUT2D eigenvalue weighted by Gasteiger charge is 2.31. The lowest BCUT2D eigenvalue weighted by atomic mass is 10.1. The van der Waals surface area contributed by atoms with E-state index in [9.17, 15) is 21.6 Å². The molecule has 160 valence electrons. The molecule has 4 aromatic rings. The lowest BCUT2D eigenvalue weighted by Gasteiger charge is -2.10. The highest BCUT2D eigenvalue weighted by molar-refractivity contribution is 7.91. The van der Waals surface area contributed by atoms with Crippen molar-refractivity contribution in [1.29, 1.82) is 0 Å². The zero-order chi connectivity index (χ0) is 22.4. The lowest BCUT2D eigenvalue weighted by Crippen LogP contribution is -2.07. The maximum Gasteiger partial charge on any atom is 0.416 e. The van der Waals surface area contributed by atoms with Crippen LogP contribution in [-0.2, 0) is 16.0 Å². The van der Waals surface area contributed by atoms with Gasteiger partial charge in [0.2, 0.25) is 0 Å². The molecule has 0 bridgehead atoms. The van der Waals surface area contributed by atoms with Crippen LogP contribution in [0.3, 0.4) is 0 Å². The molecule has 0 saturated carbocycles. The number of aromatic nitrogens is 3. The maximum atomic E-state index is 13.0. The number of halogens is 4. The van der Waals surface area contributed by atoms with Gasteiger partial charge in [0.1, 0.15) is 17.0 Å². The number of fused-ring (bicyclic) bond motifs is 1. The molecular formula is C21H15ClF3N3O2S. The van der Waals surface area contributed by atoms with Crippen LogP contribution in [-0.4, -0.2) is 28.5 Å². The topological polar surface area (TPSA) is 64.3 Å². The van der Waals surface area contributed by atoms with Crippen LogP contribution in [0.5, 0.6) is 0 Å². The largest absolute Gasteiger partial charge is 0.416 e. The highest BCUT2D eigenvalue weighted by Crippen LogP contribution is 2.33. The minimum Gasteiger partial charge on any atom is -0.306 e. The summed E-state index contributed by atoms with van der Waals surface area (Å²) in [5.74, 6) is -0.169. The predicted octanol–water partition coefficient (Wildman–Crippen LogP) is 5.53. The van der Waals surface area contributed by atoms with Gasteiger partial charge in [-0.05, 0) is 35.9 Å². The Morgan fingerprint density at radius 3 is 2.42 bits per heavy atom. The number of benzene rings is 1. The molecule has 5 nitrogen and oxygen atoms in total. The van der Waals surface area contributed by atoms with Crippen molar-refractivity contribution in [3.05, 3.63) is 71.6 Å². The van der Waals surface area contributed by atoms with E-state index < -0.39 is 21.6 Å². The number of hydrogen-bond acceptors (Lipinski definition) is 4. The van der Waals surface area contributed by atoms with Gasteiger partial charge >= 0.3 is 6.18 Å². The Bertz CT molecular complexity index is 1380. The van der Waals surface area contributed by atoms with E-state index in [1.54, 1.807) is 24.3 Å². The molecular weight excluding hydrogens is 451 g/mol. The van der Waals surface area contributed by atoms with Crippen molar-refractivity contribution in [2.45, 2.75) is 18.0 Å². The summed E-state index contributed by atoms with van der Waals surface area (Å²) in [6, 6.07) is 10.2. The first-order valence-electron chi connectivity index (χ1n) is 9.13. The number of imidazole rings is 1. The summed E-state index contributed by atoms with van der Waals surface area (Å²) in [5, 5.41) is 0.539. The number of hydrogen-bond donors (Lipinski definition) is 0. The molecule has 0 spiro atoms. The van der Waals surface area contributed by atoms with E-state index in [0.717, 1.165) is 17.7 Å². The second kappa shape index (κ2) is 7.65. The molecule has 0 fully saturated rings. The monoisotopic (exact) mass is 465 g/mol. The van der Waals surface area contributed by atoms with Crippen LogP contribution in [0.2, 0.25) is 5.02 Å². The van der Waals surface area contributed by atoms with Crippen LogP contribution < -0.4 is 0 Å².